The van der Waals surface area contributed by atoms with Gasteiger partial charge in [0.15, 0.2) is 11.5 Å². The Kier molecular flexibility index (Phi) is 3.85. The molecule has 0 bridgehead atoms. The van der Waals surface area contributed by atoms with Gasteiger partial charge in [-0.25, -0.2) is 8.78 Å². The fraction of sp³-hybridized carbons (Fsp3) is 0.400. The molecule has 15 heavy (non-hydrogen) atoms. The monoisotopic (exact) mass is 217 g/mol. The molecule has 0 aromatic heterocycles. The Balaban J connectivity index is 3.29. The Morgan fingerprint density at radius 2 is 1.93 bits per heavy atom. The topological polar surface area (TPSA) is 44.5 Å². The number of benzene rings is 1. The van der Waals surface area contributed by atoms with Gasteiger partial charge in [0.25, 0.3) is 6.43 Å². The number of nitrogens with two attached hydrogens (primary N) is 1. The Morgan fingerprint density at radius 3 is 2.33 bits per heavy atom. The summed E-state index contributed by atoms with van der Waals surface area (Å²) in [5.74, 6) is 0.681. The first-order valence-corrected chi connectivity index (χ1v) is 4.37. The number of hydrogen-bond donors (Lipinski definition) is 1. The summed E-state index contributed by atoms with van der Waals surface area (Å²) in [4.78, 5) is 0. The van der Waals surface area contributed by atoms with Crippen LogP contribution in [0.15, 0.2) is 12.1 Å². The largest absolute Gasteiger partial charge is 0.493 e. The predicted molar refractivity (Wildman–Crippen MR) is 52.4 cm³/mol. The third kappa shape index (κ3) is 2.36. The summed E-state index contributed by atoms with van der Waals surface area (Å²) in [6.45, 7) is 0.125. The zero-order valence-electron chi connectivity index (χ0n) is 8.59. The van der Waals surface area contributed by atoms with E-state index in [4.69, 9.17) is 15.2 Å². The minimum absolute atomic E-state index is 0.117. The second-order valence-corrected chi connectivity index (χ2v) is 2.92. The van der Waals surface area contributed by atoms with Crippen LogP contribution in [0.3, 0.4) is 0 Å². The summed E-state index contributed by atoms with van der Waals surface area (Å²) in [5, 5.41) is 0. The lowest BCUT2D eigenvalue weighted by molar-refractivity contribution is 0.150. The minimum Gasteiger partial charge on any atom is -0.493 e. The smallest absolute Gasteiger partial charge is 0.263 e. The molecule has 84 valence electrons. The Bertz CT molecular complexity index is 317. The first-order chi connectivity index (χ1) is 7.13. The van der Waals surface area contributed by atoms with E-state index in [2.05, 4.69) is 0 Å². The molecule has 5 heteroatoms. The number of hydrogen-bond acceptors (Lipinski definition) is 3. The van der Waals surface area contributed by atoms with Gasteiger partial charge in [0.2, 0.25) is 0 Å². The molecular formula is C10H13F2NO2. The van der Waals surface area contributed by atoms with Gasteiger partial charge in [-0.1, -0.05) is 0 Å². The Hall–Kier alpha value is -1.36. The van der Waals surface area contributed by atoms with Crippen molar-refractivity contribution in [3.05, 3.63) is 23.3 Å². The Labute approximate surface area is 86.8 Å². The van der Waals surface area contributed by atoms with Crippen LogP contribution < -0.4 is 15.2 Å². The molecule has 0 aliphatic rings. The molecule has 0 aliphatic heterocycles. The summed E-state index contributed by atoms with van der Waals surface area (Å²) in [7, 11) is 2.84. The molecule has 0 spiro atoms. The van der Waals surface area contributed by atoms with Gasteiger partial charge in [0, 0.05) is 17.7 Å². The highest BCUT2D eigenvalue weighted by Crippen LogP contribution is 2.35. The van der Waals surface area contributed by atoms with E-state index in [1.807, 2.05) is 0 Å². The summed E-state index contributed by atoms with van der Waals surface area (Å²) in [5.41, 5.74) is 5.83. The molecule has 0 amide bonds. The van der Waals surface area contributed by atoms with Gasteiger partial charge in [-0.2, -0.15) is 0 Å². The zero-order valence-corrected chi connectivity index (χ0v) is 8.59. The lowest BCUT2D eigenvalue weighted by Gasteiger charge is -2.13. The molecule has 3 nitrogen and oxygen atoms in total. The maximum atomic E-state index is 12.5. The number of rotatable bonds is 4. The van der Waals surface area contributed by atoms with Crippen molar-refractivity contribution >= 4 is 0 Å². The van der Waals surface area contributed by atoms with Crippen LogP contribution in [0.1, 0.15) is 17.6 Å². The third-order valence-corrected chi connectivity index (χ3v) is 2.05. The van der Waals surface area contributed by atoms with Crippen LogP contribution in [0.4, 0.5) is 8.78 Å². The van der Waals surface area contributed by atoms with Crippen LogP contribution in [-0.4, -0.2) is 14.2 Å². The van der Waals surface area contributed by atoms with E-state index in [0.717, 1.165) is 0 Å². The highest BCUT2D eigenvalue weighted by atomic mass is 19.3. The van der Waals surface area contributed by atoms with Crippen LogP contribution in [0.25, 0.3) is 0 Å². The van der Waals surface area contributed by atoms with Crippen LogP contribution in [0.2, 0.25) is 0 Å². The zero-order chi connectivity index (χ0) is 11.4. The van der Waals surface area contributed by atoms with E-state index < -0.39 is 6.43 Å². The van der Waals surface area contributed by atoms with Crippen LogP contribution >= 0.6 is 0 Å². The first-order valence-electron chi connectivity index (χ1n) is 4.37. The SMILES string of the molecule is COc1cc(C(F)F)cc(CN)c1OC. The highest BCUT2D eigenvalue weighted by Gasteiger charge is 2.15. The van der Waals surface area contributed by atoms with Crippen molar-refractivity contribution in [3.63, 3.8) is 0 Å². The summed E-state index contributed by atoms with van der Waals surface area (Å²) in [6.07, 6.45) is -2.55. The maximum absolute atomic E-state index is 12.5. The summed E-state index contributed by atoms with van der Waals surface area (Å²) in [6, 6.07) is 2.58. The molecule has 1 aromatic carbocycles. The van der Waals surface area contributed by atoms with E-state index in [1.54, 1.807) is 0 Å². The van der Waals surface area contributed by atoms with E-state index in [1.165, 1.54) is 26.4 Å². The van der Waals surface area contributed by atoms with Gasteiger partial charge in [-0.05, 0) is 12.1 Å². The number of alkyl halides is 2. The fourth-order valence-corrected chi connectivity index (χ4v) is 1.34. The van der Waals surface area contributed by atoms with Crippen molar-refractivity contribution < 1.29 is 18.3 Å². The van der Waals surface area contributed by atoms with Gasteiger partial charge in [0.1, 0.15) is 0 Å². The molecule has 0 saturated carbocycles. The highest BCUT2D eigenvalue weighted by molar-refractivity contribution is 5.49. The minimum atomic E-state index is -2.55. The number of ether oxygens (including phenoxy) is 2. The van der Waals surface area contributed by atoms with E-state index in [9.17, 15) is 8.78 Å². The lowest BCUT2D eigenvalue weighted by Crippen LogP contribution is -2.03. The fourth-order valence-electron chi connectivity index (χ4n) is 1.34. The number of methoxy groups -OCH3 is 2. The van der Waals surface area contributed by atoms with Crippen LogP contribution in [0.5, 0.6) is 11.5 Å². The second kappa shape index (κ2) is 4.93. The molecule has 0 fully saturated rings. The second-order valence-electron chi connectivity index (χ2n) is 2.92. The van der Waals surface area contributed by atoms with Crippen molar-refractivity contribution in [2.24, 2.45) is 5.73 Å². The molecule has 0 atom stereocenters. The average Bonchev–Trinajstić information content (AvgIpc) is 2.26. The molecule has 0 unspecified atom stereocenters. The molecule has 0 radical (unpaired) electrons. The van der Waals surface area contributed by atoms with Crippen molar-refractivity contribution in [3.8, 4) is 11.5 Å². The van der Waals surface area contributed by atoms with Crippen LogP contribution in [0, 0.1) is 0 Å². The van der Waals surface area contributed by atoms with Crippen molar-refractivity contribution in [2.45, 2.75) is 13.0 Å². The molecule has 0 saturated heterocycles. The molecule has 0 aliphatic carbocycles. The molecule has 0 heterocycles. The van der Waals surface area contributed by atoms with Crippen molar-refractivity contribution in [1.29, 1.82) is 0 Å². The predicted octanol–water partition coefficient (Wildman–Crippen LogP) is 2.10. The van der Waals surface area contributed by atoms with Crippen molar-refractivity contribution in [1.82, 2.24) is 0 Å². The van der Waals surface area contributed by atoms with Gasteiger partial charge >= 0.3 is 0 Å². The molecule has 2 N–H and O–H groups in total. The quantitative estimate of drug-likeness (QED) is 0.839. The van der Waals surface area contributed by atoms with Crippen molar-refractivity contribution in [2.75, 3.05) is 14.2 Å². The molecule has 1 rings (SSSR count). The normalized spacial score (nSPS) is 10.5. The van der Waals surface area contributed by atoms with E-state index >= 15 is 0 Å². The standard InChI is InChI=1S/C10H13F2NO2/c1-14-8-4-6(10(11)12)3-7(5-13)9(8)15-2/h3-4,10H,5,13H2,1-2H3. The molecule has 1 aromatic rings. The Morgan fingerprint density at radius 1 is 1.27 bits per heavy atom. The average molecular weight is 217 g/mol. The number of halogens is 2. The first kappa shape index (κ1) is 11.7. The lowest BCUT2D eigenvalue weighted by atomic mass is 10.1. The van der Waals surface area contributed by atoms with Gasteiger partial charge in [-0.15, -0.1) is 0 Å². The molecular weight excluding hydrogens is 204 g/mol. The van der Waals surface area contributed by atoms with Gasteiger partial charge in [-0.3, -0.25) is 0 Å². The van der Waals surface area contributed by atoms with Crippen LogP contribution in [-0.2, 0) is 6.54 Å². The summed E-state index contributed by atoms with van der Waals surface area (Å²) < 4.78 is 35.0. The van der Waals surface area contributed by atoms with Gasteiger partial charge in [0.05, 0.1) is 14.2 Å². The maximum Gasteiger partial charge on any atom is 0.263 e. The van der Waals surface area contributed by atoms with E-state index in [-0.39, 0.29) is 17.9 Å². The van der Waals surface area contributed by atoms with E-state index in [0.29, 0.717) is 11.3 Å². The van der Waals surface area contributed by atoms with Gasteiger partial charge < -0.3 is 15.2 Å². The summed E-state index contributed by atoms with van der Waals surface area (Å²) >= 11 is 0. The third-order valence-electron chi connectivity index (χ3n) is 2.05.